The Morgan fingerprint density at radius 1 is 1.16 bits per heavy atom. The molecule has 0 saturated carbocycles. The molecule has 0 spiro atoms. The molecular formula is C18H28IN5O. The van der Waals surface area contributed by atoms with Crippen LogP contribution in [-0.2, 0) is 18.5 Å². The van der Waals surface area contributed by atoms with Gasteiger partial charge in [0, 0.05) is 19.0 Å². The number of guanidine groups is 1. The van der Waals surface area contributed by atoms with Crippen LogP contribution in [0.25, 0.3) is 0 Å². The molecule has 0 bridgehead atoms. The van der Waals surface area contributed by atoms with Gasteiger partial charge in [0.1, 0.15) is 0 Å². The van der Waals surface area contributed by atoms with E-state index in [4.69, 9.17) is 4.52 Å². The second-order valence-electron chi connectivity index (χ2n) is 6.98. The summed E-state index contributed by atoms with van der Waals surface area (Å²) in [4.78, 5) is 8.64. The van der Waals surface area contributed by atoms with Gasteiger partial charge in [0.15, 0.2) is 11.8 Å². The molecule has 0 aliphatic carbocycles. The molecule has 138 valence electrons. The van der Waals surface area contributed by atoms with Crippen LogP contribution in [0, 0.1) is 13.8 Å². The Hall–Kier alpha value is -1.64. The highest BCUT2D eigenvalue weighted by atomic mass is 127. The minimum atomic E-state index is -0.145. The predicted octanol–water partition coefficient (Wildman–Crippen LogP) is 3.47. The Balaban J connectivity index is 0.00000312. The third kappa shape index (κ3) is 6.30. The molecule has 0 saturated heterocycles. The molecule has 0 aliphatic rings. The summed E-state index contributed by atoms with van der Waals surface area (Å²) in [5, 5.41) is 10.5. The highest BCUT2D eigenvalue weighted by Gasteiger charge is 2.21. The van der Waals surface area contributed by atoms with Crippen molar-refractivity contribution in [3.63, 3.8) is 0 Å². The molecule has 0 atom stereocenters. The first-order valence-electron chi connectivity index (χ1n) is 8.13. The molecule has 25 heavy (non-hydrogen) atoms. The van der Waals surface area contributed by atoms with Crippen LogP contribution < -0.4 is 10.6 Å². The van der Waals surface area contributed by atoms with Gasteiger partial charge in [-0.1, -0.05) is 49.7 Å². The first-order chi connectivity index (χ1) is 11.3. The summed E-state index contributed by atoms with van der Waals surface area (Å²) < 4.78 is 5.29. The zero-order valence-corrected chi connectivity index (χ0v) is 18.1. The fourth-order valence-electron chi connectivity index (χ4n) is 2.24. The molecule has 2 rings (SSSR count). The highest BCUT2D eigenvalue weighted by Crippen LogP contribution is 2.19. The molecule has 0 amide bonds. The topological polar surface area (TPSA) is 75.3 Å². The maximum absolute atomic E-state index is 5.29. The van der Waals surface area contributed by atoms with E-state index in [1.165, 1.54) is 16.7 Å². The Morgan fingerprint density at radius 3 is 2.40 bits per heavy atom. The van der Waals surface area contributed by atoms with Crippen molar-refractivity contribution in [1.29, 1.82) is 0 Å². The lowest BCUT2D eigenvalue weighted by molar-refractivity contribution is 0.318. The van der Waals surface area contributed by atoms with Gasteiger partial charge in [0.2, 0.25) is 5.89 Å². The van der Waals surface area contributed by atoms with E-state index in [0.29, 0.717) is 30.8 Å². The molecule has 7 heteroatoms. The van der Waals surface area contributed by atoms with Crippen LogP contribution in [-0.4, -0.2) is 23.1 Å². The van der Waals surface area contributed by atoms with Crippen LogP contribution in [0.1, 0.15) is 49.2 Å². The molecular weight excluding hydrogens is 429 g/mol. The van der Waals surface area contributed by atoms with Crippen LogP contribution in [0.3, 0.4) is 0 Å². The fourth-order valence-corrected chi connectivity index (χ4v) is 2.24. The molecule has 0 fully saturated rings. The van der Waals surface area contributed by atoms with Crippen molar-refractivity contribution in [2.24, 2.45) is 4.99 Å². The zero-order chi connectivity index (χ0) is 17.7. The highest BCUT2D eigenvalue weighted by molar-refractivity contribution is 14.0. The van der Waals surface area contributed by atoms with E-state index < -0.39 is 0 Å². The van der Waals surface area contributed by atoms with Crippen LogP contribution >= 0.6 is 24.0 Å². The average molecular weight is 457 g/mol. The summed E-state index contributed by atoms with van der Waals surface area (Å²) in [6.07, 6.45) is 0. The number of aryl methyl sites for hydroxylation is 2. The molecule has 0 radical (unpaired) electrons. The van der Waals surface area contributed by atoms with Crippen molar-refractivity contribution in [1.82, 2.24) is 20.8 Å². The van der Waals surface area contributed by atoms with Crippen molar-refractivity contribution in [3.05, 3.63) is 46.6 Å². The first kappa shape index (κ1) is 21.4. The third-order valence-corrected chi connectivity index (χ3v) is 3.69. The van der Waals surface area contributed by atoms with Gasteiger partial charge >= 0.3 is 0 Å². The van der Waals surface area contributed by atoms with Gasteiger partial charge in [0.25, 0.3) is 0 Å². The molecule has 6 nitrogen and oxygen atoms in total. The quantitative estimate of drug-likeness (QED) is 0.418. The van der Waals surface area contributed by atoms with E-state index in [-0.39, 0.29) is 29.4 Å². The zero-order valence-electron chi connectivity index (χ0n) is 15.8. The number of nitrogens with zero attached hydrogens (tertiary/aromatic N) is 3. The number of benzene rings is 1. The van der Waals surface area contributed by atoms with Crippen LogP contribution in [0.15, 0.2) is 27.7 Å². The molecule has 2 aromatic rings. The normalized spacial score (nSPS) is 11.8. The summed E-state index contributed by atoms with van der Waals surface area (Å²) in [6, 6.07) is 6.44. The van der Waals surface area contributed by atoms with E-state index in [1.807, 2.05) is 20.8 Å². The summed E-state index contributed by atoms with van der Waals surface area (Å²) in [5.74, 6) is 1.96. The van der Waals surface area contributed by atoms with E-state index >= 15 is 0 Å². The van der Waals surface area contributed by atoms with E-state index in [9.17, 15) is 0 Å². The number of aromatic nitrogens is 2. The molecule has 2 N–H and O–H groups in total. The Morgan fingerprint density at radius 2 is 1.84 bits per heavy atom. The van der Waals surface area contributed by atoms with Crippen molar-refractivity contribution in [2.75, 3.05) is 7.05 Å². The van der Waals surface area contributed by atoms with Gasteiger partial charge in [-0.3, -0.25) is 4.99 Å². The van der Waals surface area contributed by atoms with Gasteiger partial charge in [-0.15, -0.1) is 24.0 Å². The summed E-state index contributed by atoms with van der Waals surface area (Å²) in [5.41, 5.74) is 3.64. The number of halogens is 1. The summed E-state index contributed by atoms with van der Waals surface area (Å²) in [6.45, 7) is 11.5. The maximum atomic E-state index is 5.29. The standard InChI is InChI=1S/C18H27N5O.HI/c1-12-7-8-14(13(2)9-12)10-20-17(19-6)21-11-15-22-16(24-23-15)18(3,4)5;/h7-9H,10-11H2,1-6H3,(H2,19,20,21);1H. The second-order valence-corrected chi connectivity index (χ2v) is 6.98. The van der Waals surface area contributed by atoms with Crippen LogP contribution in [0.4, 0.5) is 0 Å². The Labute approximate surface area is 166 Å². The lowest BCUT2D eigenvalue weighted by Gasteiger charge is -2.12. The molecule has 1 heterocycles. The first-order valence-corrected chi connectivity index (χ1v) is 8.13. The average Bonchev–Trinajstić information content (AvgIpc) is 2.98. The fraction of sp³-hybridized carbons (Fsp3) is 0.500. The largest absolute Gasteiger partial charge is 0.352 e. The smallest absolute Gasteiger partial charge is 0.232 e. The number of rotatable bonds is 4. The van der Waals surface area contributed by atoms with Gasteiger partial charge < -0.3 is 15.2 Å². The number of hydrogen-bond acceptors (Lipinski definition) is 4. The van der Waals surface area contributed by atoms with Gasteiger partial charge in [-0.2, -0.15) is 4.98 Å². The SMILES string of the molecule is CN=C(NCc1noc(C(C)(C)C)n1)NCc1ccc(C)cc1C.I. The molecule has 1 aromatic heterocycles. The van der Waals surface area contributed by atoms with Crippen molar-refractivity contribution in [3.8, 4) is 0 Å². The van der Waals surface area contributed by atoms with Crippen LogP contribution in [0.2, 0.25) is 0 Å². The van der Waals surface area contributed by atoms with Crippen molar-refractivity contribution >= 4 is 29.9 Å². The van der Waals surface area contributed by atoms with Gasteiger partial charge in [-0.25, -0.2) is 0 Å². The van der Waals surface area contributed by atoms with E-state index in [1.54, 1.807) is 7.05 Å². The summed E-state index contributed by atoms with van der Waals surface area (Å²) >= 11 is 0. The minimum Gasteiger partial charge on any atom is -0.352 e. The van der Waals surface area contributed by atoms with Crippen molar-refractivity contribution < 1.29 is 4.52 Å². The van der Waals surface area contributed by atoms with Gasteiger partial charge in [-0.05, 0) is 25.0 Å². The number of aliphatic imine (C=N–C) groups is 1. The Bertz CT molecular complexity index is 718. The minimum absolute atomic E-state index is 0. The predicted molar refractivity (Wildman–Crippen MR) is 111 cm³/mol. The van der Waals surface area contributed by atoms with Crippen LogP contribution in [0.5, 0.6) is 0 Å². The number of nitrogens with one attached hydrogen (secondary N) is 2. The second kappa shape index (κ2) is 9.17. The monoisotopic (exact) mass is 457 g/mol. The Kier molecular flexibility index (Phi) is 7.85. The molecule has 0 unspecified atom stereocenters. The molecule has 1 aromatic carbocycles. The lowest BCUT2D eigenvalue weighted by Crippen LogP contribution is -2.36. The number of hydrogen-bond donors (Lipinski definition) is 2. The maximum Gasteiger partial charge on any atom is 0.232 e. The lowest BCUT2D eigenvalue weighted by atomic mass is 9.97. The van der Waals surface area contributed by atoms with E-state index in [2.05, 4.69) is 57.8 Å². The third-order valence-electron chi connectivity index (χ3n) is 3.69. The van der Waals surface area contributed by atoms with Gasteiger partial charge in [0.05, 0.1) is 6.54 Å². The van der Waals surface area contributed by atoms with Crippen molar-refractivity contribution in [2.45, 2.75) is 53.1 Å². The van der Waals surface area contributed by atoms with E-state index in [0.717, 1.165) is 0 Å². The summed E-state index contributed by atoms with van der Waals surface area (Å²) in [7, 11) is 1.74. The molecule has 0 aliphatic heterocycles.